The highest BCUT2D eigenvalue weighted by Gasteiger charge is 2.10. The first-order valence-corrected chi connectivity index (χ1v) is 8.22. The van der Waals surface area contributed by atoms with Crippen LogP contribution in [0.25, 0.3) is 0 Å². The van der Waals surface area contributed by atoms with Gasteiger partial charge in [-0.2, -0.15) is 0 Å². The lowest BCUT2D eigenvalue weighted by Crippen LogP contribution is -2.38. The number of carbonyl (C=O) groups is 1. The molecule has 1 heterocycles. The molecule has 1 N–H and O–H groups in total. The first-order chi connectivity index (χ1) is 10.6. The van der Waals surface area contributed by atoms with Crippen LogP contribution in [-0.4, -0.2) is 31.1 Å². The van der Waals surface area contributed by atoms with Gasteiger partial charge in [0.05, 0.1) is 13.1 Å². The van der Waals surface area contributed by atoms with Gasteiger partial charge in [0, 0.05) is 16.9 Å². The summed E-state index contributed by atoms with van der Waals surface area (Å²) in [6, 6.07) is 9.10. The fraction of sp³-hybridized carbons (Fsp3) is 0.312. The van der Waals surface area contributed by atoms with Crippen molar-refractivity contribution in [3.05, 3.63) is 51.2 Å². The highest BCUT2D eigenvalue weighted by molar-refractivity contribution is 7.10. The van der Waals surface area contributed by atoms with E-state index in [1.165, 1.54) is 10.4 Å². The Balaban J connectivity index is 1.69. The van der Waals surface area contributed by atoms with E-state index in [1.807, 2.05) is 5.38 Å². The SMILES string of the molecule is Cc1ccsc1CN(C)C(=O)NCCOc1ccc(Cl)cc1. The number of nitrogens with one attached hydrogen (secondary N) is 1. The van der Waals surface area contributed by atoms with Gasteiger partial charge in [-0.1, -0.05) is 11.6 Å². The molecule has 0 unspecified atom stereocenters. The molecule has 22 heavy (non-hydrogen) atoms. The summed E-state index contributed by atoms with van der Waals surface area (Å²) in [7, 11) is 1.79. The molecule has 0 saturated carbocycles. The van der Waals surface area contributed by atoms with Gasteiger partial charge in [-0.3, -0.25) is 0 Å². The Hall–Kier alpha value is -1.72. The molecule has 0 spiro atoms. The van der Waals surface area contributed by atoms with Gasteiger partial charge in [-0.25, -0.2) is 4.79 Å². The summed E-state index contributed by atoms with van der Waals surface area (Å²) in [5.41, 5.74) is 1.22. The minimum atomic E-state index is -0.104. The van der Waals surface area contributed by atoms with Crippen LogP contribution in [0.4, 0.5) is 4.79 Å². The second kappa shape index (κ2) is 8.06. The molecular formula is C16H19ClN2O2S. The molecule has 0 bridgehead atoms. The van der Waals surface area contributed by atoms with Gasteiger partial charge in [0.2, 0.25) is 0 Å². The lowest BCUT2D eigenvalue weighted by molar-refractivity contribution is 0.204. The molecule has 4 nitrogen and oxygen atoms in total. The van der Waals surface area contributed by atoms with Crippen molar-refractivity contribution in [2.45, 2.75) is 13.5 Å². The van der Waals surface area contributed by atoms with Gasteiger partial charge >= 0.3 is 6.03 Å². The number of hydrogen-bond acceptors (Lipinski definition) is 3. The molecular weight excluding hydrogens is 320 g/mol. The van der Waals surface area contributed by atoms with Crippen LogP contribution in [0, 0.1) is 6.92 Å². The summed E-state index contributed by atoms with van der Waals surface area (Å²) >= 11 is 7.47. The summed E-state index contributed by atoms with van der Waals surface area (Å²) in [4.78, 5) is 14.9. The van der Waals surface area contributed by atoms with Crippen molar-refractivity contribution in [1.82, 2.24) is 10.2 Å². The van der Waals surface area contributed by atoms with Crippen LogP contribution in [0.3, 0.4) is 0 Å². The van der Waals surface area contributed by atoms with E-state index < -0.39 is 0 Å². The molecule has 2 rings (SSSR count). The molecule has 1 aromatic heterocycles. The zero-order valence-corrected chi connectivity index (χ0v) is 14.2. The summed E-state index contributed by atoms with van der Waals surface area (Å²) in [5, 5.41) is 5.55. The Morgan fingerprint density at radius 2 is 2.05 bits per heavy atom. The van der Waals surface area contributed by atoms with E-state index in [9.17, 15) is 4.79 Å². The van der Waals surface area contributed by atoms with E-state index in [0.29, 0.717) is 24.7 Å². The predicted molar refractivity (Wildman–Crippen MR) is 90.9 cm³/mol. The summed E-state index contributed by atoms with van der Waals surface area (Å²) in [5.74, 6) is 0.737. The van der Waals surface area contributed by atoms with Gasteiger partial charge in [-0.05, 0) is 48.2 Å². The van der Waals surface area contributed by atoms with Crippen molar-refractivity contribution in [1.29, 1.82) is 0 Å². The Labute approximate surface area is 139 Å². The van der Waals surface area contributed by atoms with E-state index in [4.69, 9.17) is 16.3 Å². The van der Waals surface area contributed by atoms with Crippen LogP contribution in [0.2, 0.25) is 5.02 Å². The van der Waals surface area contributed by atoms with E-state index in [1.54, 1.807) is 47.5 Å². The smallest absolute Gasteiger partial charge is 0.317 e. The van der Waals surface area contributed by atoms with Crippen LogP contribution in [0.5, 0.6) is 5.75 Å². The normalized spacial score (nSPS) is 10.3. The van der Waals surface area contributed by atoms with Crippen LogP contribution in [0.1, 0.15) is 10.4 Å². The number of ether oxygens (including phenoxy) is 1. The van der Waals surface area contributed by atoms with Crippen LogP contribution in [-0.2, 0) is 6.54 Å². The number of aryl methyl sites for hydroxylation is 1. The summed E-state index contributed by atoms with van der Waals surface area (Å²) < 4.78 is 5.53. The fourth-order valence-corrected chi connectivity index (χ4v) is 2.93. The summed E-state index contributed by atoms with van der Waals surface area (Å²) in [6.07, 6.45) is 0. The Kier molecular flexibility index (Phi) is 6.10. The predicted octanol–water partition coefficient (Wildman–Crippen LogP) is 3.93. The molecule has 0 aliphatic heterocycles. The molecule has 2 amide bonds. The lowest BCUT2D eigenvalue weighted by atomic mass is 10.3. The second-order valence-electron chi connectivity index (χ2n) is 4.92. The molecule has 0 atom stereocenters. The standard InChI is InChI=1S/C16H19ClN2O2S/c1-12-7-10-22-15(12)11-19(2)16(20)18-8-9-21-14-5-3-13(17)4-6-14/h3-7,10H,8-9,11H2,1-2H3,(H,18,20). The number of amides is 2. The zero-order valence-electron chi connectivity index (χ0n) is 12.6. The van der Waals surface area contributed by atoms with Crippen LogP contribution in [0.15, 0.2) is 35.7 Å². The van der Waals surface area contributed by atoms with Crippen molar-refractivity contribution in [2.75, 3.05) is 20.2 Å². The number of nitrogens with zero attached hydrogens (tertiary/aromatic N) is 1. The molecule has 118 valence electrons. The van der Waals surface area contributed by atoms with Gasteiger partial charge in [-0.15, -0.1) is 11.3 Å². The Morgan fingerprint density at radius 1 is 1.32 bits per heavy atom. The molecule has 2 aromatic rings. The van der Waals surface area contributed by atoms with Crippen LogP contribution >= 0.6 is 22.9 Å². The number of halogens is 1. The van der Waals surface area contributed by atoms with E-state index in [0.717, 1.165) is 5.75 Å². The first kappa shape index (κ1) is 16.6. The summed E-state index contributed by atoms with van der Waals surface area (Å²) in [6.45, 7) is 3.54. The van der Waals surface area contributed by atoms with Crippen molar-refractivity contribution in [2.24, 2.45) is 0 Å². The minimum absolute atomic E-state index is 0.104. The Bertz CT molecular complexity index is 613. The second-order valence-corrected chi connectivity index (χ2v) is 6.35. The maximum Gasteiger partial charge on any atom is 0.317 e. The Morgan fingerprint density at radius 3 is 2.68 bits per heavy atom. The molecule has 0 radical (unpaired) electrons. The number of rotatable bonds is 6. The highest BCUT2D eigenvalue weighted by Crippen LogP contribution is 2.17. The van der Waals surface area contributed by atoms with Gasteiger partial charge < -0.3 is 15.0 Å². The van der Waals surface area contributed by atoms with Crippen molar-refractivity contribution < 1.29 is 9.53 Å². The highest BCUT2D eigenvalue weighted by atomic mass is 35.5. The fourth-order valence-electron chi connectivity index (χ4n) is 1.85. The average molecular weight is 339 g/mol. The number of thiophene rings is 1. The van der Waals surface area contributed by atoms with Crippen molar-refractivity contribution in [3.8, 4) is 5.75 Å². The molecule has 0 aliphatic rings. The maximum atomic E-state index is 12.0. The monoisotopic (exact) mass is 338 g/mol. The molecule has 1 aromatic carbocycles. The first-order valence-electron chi connectivity index (χ1n) is 6.96. The number of carbonyl (C=O) groups excluding carboxylic acids is 1. The van der Waals surface area contributed by atoms with Gasteiger partial charge in [0.25, 0.3) is 0 Å². The lowest BCUT2D eigenvalue weighted by Gasteiger charge is -2.17. The quantitative estimate of drug-likeness (QED) is 0.811. The van der Waals surface area contributed by atoms with E-state index >= 15 is 0 Å². The van der Waals surface area contributed by atoms with E-state index in [-0.39, 0.29) is 6.03 Å². The zero-order chi connectivity index (χ0) is 15.9. The number of hydrogen-bond donors (Lipinski definition) is 1. The third-order valence-electron chi connectivity index (χ3n) is 3.16. The molecule has 0 aliphatic carbocycles. The van der Waals surface area contributed by atoms with Crippen LogP contribution < -0.4 is 10.1 Å². The largest absolute Gasteiger partial charge is 0.492 e. The van der Waals surface area contributed by atoms with Crippen molar-refractivity contribution in [3.63, 3.8) is 0 Å². The van der Waals surface area contributed by atoms with Gasteiger partial charge in [0.1, 0.15) is 12.4 Å². The maximum absolute atomic E-state index is 12.0. The van der Waals surface area contributed by atoms with Crippen molar-refractivity contribution >= 4 is 29.0 Å². The molecule has 0 saturated heterocycles. The molecule has 0 fully saturated rings. The third-order valence-corrected chi connectivity index (χ3v) is 4.42. The van der Waals surface area contributed by atoms with E-state index in [2.05, 4.69) is 18.3 Å². The average Bonchev–Trinajstić information content (AvgIpc) is 2.90. The number of benzene rings is 1. The van der Waals surface area contributed by atoms with Gasteiger partial charge in [0.15, 0.2) is 0 Å². The number of urea groups is 1. The minimum Gasteiger partial charge on any atom is -0.492 e. The molecule has 6 heteroatoms. The topological polar surface area (TPSA) is 41.6 Å². The third kappa shape index (κ3) is 4.93.